The van der Waals surface area contributed by atoms with Gasteiger partial charge in [-0.1, -0.05) is 11.6 Å². The first-order valence-electron chi connectivity index (χ1n) is 4.00. The van der Waals surface area contributed by atoms with Crippen molar-refractivity contribution in [1.29, 1.82) is 0 Å². The standard InChI is InChI=1S/C10H7ClFNO/c1-14-10-8-3-2-7(12)4-6(8)5-9(11)13-10/h2-5H,1H3. The van der Waals surface area contributed by atoms with Gasteiger partial charge in [0.25, 0.3) is 0 Å². The second kappa shape index (κ2) is 3.42. The Kier molecular flexibility index (Phi) is 2.25. The lowest BCUT2D eigenvalue weighted by Gasteiger charge is -2.04. The number of hydrogen-bond donors (Lipinski definition) is 0. The van der Waals surface area contributed by atoms with Crippen molar-refractivity contribution in [1.82, 2.24) is 4.98 Å². The van der Waals surface area contributed by atoms with Crippen LogP contribution in [0, 0.1) is 5.82 Å². The van der Waals surface area contributed by atoms with Gasteiger partial charge >= 0.3 is 0 Å². The van der Waals surface area contributed by atoms with E-state index in [0.29, 0.717) is 16.4 Å². The van der Waals surface area contributed by atoms with Gasteiger partial charge in [-0.05, 0) is 29.7 Å². The van der Waals surface area contributed by atoms with Crippen LogP contribution in [-0.4, -0.2) is 12.1 Å². The molecule has 2 rings (SSSR count). The molecule has 1 aromatic carbocycles. The highest BCUT2D eigenvalue weighted by Crippen LogP contribution is 2.26. The molecule has 0 spiro atoms. The molecule has 2 nitrogen and oxygen atoms in total. The van der Waals surface area contributed by atoms with Crippen molar-refractivity contribution < 1.29 is 9.13 Å². The Labute approximate surface area is 85.3 Å². The van der Waals surface area contributed by atoms with Crippen molar-refractivity contribution in [3.63, 3.8) is 0 Å². The van der Waals surface area contributed by atoms with Gasteiger partial charge in [0, 0.05) is 5.39 Å². The molecule has 0 atom stereocenters. The van der Waals surface area contributed by atoms with Crippen molar-refractivity contribution in [2.24, 2.45) is 0 Å². The fourth-order valence-corrected chi connectivity index (χ4v) is 1.52. The van der Waals surface area contributed by atoms with Gasteiger partial charge in [-0.25, -0.2) is 9.37 Å². The summed E-state index contributed by atoms with van der Waals surface area (Å²) in [6.45, 7) is 0. The molecule has 1 aromatic heterocycles. The first-order valence-corrected chi connectivity index (χ1v) is 4.38. The molecule has 0 unspecified atom stereocenters. The maximum Gasteiger partial charge on any atom is 0.222 e. The number of halogens is 2. The van der Waals surface area contributed by atoms with Crippen LogP contribution in [0.2, 0.25) is 5.15 Å². The maximum atomic E-state index is 12.9. The molecule has 0 aliphatic heterocycles. The van der Waals surface area contributed by atoms with E-state index in [-0.39, 0.29) is 5.82 Å². The average Bonchev–Trinajstić information content (AvgIpc) is 2.15. The van der Waals surface area contributed by atoms with Gasteiger partial charge in [0.2, 0.25) is 5.88 Å². The molecule has 0 saturated carbocycles. The van der Waals surface area contributed by atoms with Crippen LogP contribution in [-0.2, 0) is 0 Å². The quantitative estimate of drug-likeness (QED) is 0.677. The van der Waals surface area contributed by atoms with Gasteiger partial charge in [0.15, 0.2) is 0 Å². The third-order valence-electron chi connectivity index (χ3n) is 1.92. The minimum absolute atomic E-state index is 0.292. The summed E-state index contributed by atoms with van der Waals surface area (Å²) in [5.41, 5.74) is 0. The fourth-order valence-electron chi connectivity index (χ4n) is 1.32. The maximum absolute atomic E-state index is 12.9. The van der Waals surface area contributed by atoms with Crippen LogP contribution in [0.1, 0.15) is 0 Å². The molecule has 4 heteroatoms. The Balaban J connectivity index is 2.81. The van der Waals surface area contributed by atoms with E-state index in [1.165, 1.54) is 19.2 Å². The van der Waals surface area contributed by atoms with E-state index >= 15 is 0 Å². The summed E-state index contributed by atoms with van der Waals surface area (Å²) in [6.07, 6.45) is 0. The number of benzene rings is 1. The van der Waals surface area contributed by atoms with Crippen molar-refractivity contribution in [2.75, 3.05) is 7.11 Å². The third-order valence-corrected chi connectivity index (χ3v) is 2.11. The molecule has 0 aliphatic carbocycles. The number of aromatic nitrogens is 1. The Bertz CT molecular complexity index is 482. The van der Waals surface area contributed by atoms with E-state index in [2.05, 4.69) is 4.98 Å². The Morgan fingerprint density at radius 1 is 1.36 bits per heavy atom. The summed E-state index contributed by atoms with van der Waals surface area (Å²) in [4.78, 5) is 3.97. The SMILES string of the molecule is COc1nc(Cl)cc2cc(F)ccc12. The van der Waals surface area contributed by atoms with Crippen LogP contribution in [0.25, 0.3) is 10.8 Å². The number of fused-ring (bicyclic) bond motifs is 1. The molecule has 0 aliphatic rings. The van der Waals surface area contributed by atoms with E-state index in [1.807, 2.05) is 0 Å². The van der Waals surface area contributed by atoms with E-state index in [1.54, 1.807) is 12.1 Å². The minimum Gasteiger partial charge on any atom is -0.481 e. The molecule has 1 heterocycles. The monoisotopic (exact) mass is 211 g/mol. The van der Waals surface area contributed by atoms with Gasteiger partial charge in [-0.3, -0.25) is 0 Å². The highest BCUT2D eigenvalue weighted by Gasteiger charge is 2.05. The summed E-state index contributed by atoms with van der Waals surface area (Å²) < 4.78 is 17.9. The van der Waals surface area contributed by atoms with Crippen molar-refractivity contribution in [3.05, 3.63) is 35.2 Å². The average molecular weight is 212 g/mol. The van der Waals surface area contributed by atoms with Gasteiger partial charge in [-0.15, -0.1) is 0 Å². The molecule has 72 valence electrons. The molecule has 2 aromatic rings. The second-order valence-electron chi connectivity index (χ2n) is 2.82. The van der Waals surface area contributed by atoms with E-state index in [0.717, 1.165) is 5.39 Å². The predicted molar refractivity (Wildman–Crippen MR) is 53.3 cm³/mol. The van der Waals surface area contributed by atoms with Crippen molar-refractivity contribution >= 4 is 22.4 Å². The van der Waals surface area contributed by atoms with Crippen LogP contribution in [0.15, 0.2) is 24.3 Å². The van der Waals surface area contributed by atoms with Gasteiger partial charge in [-0.2, -0.15) is 0 Å². The summed E-state index contributed by atoms with van der Waals surface area (Å²) >= 11 is 5.74. The van der Waals surface area contributed by atoms with E-state index in [9.17, 15) is 4.39 Å². The zero-order chi connectivity index (χ0) is 10.1. The largest absolute Gasteiger partial charge is 0.481 e. The first kappa shape index (κ1) is 9.21. The number of pyridine rings is 1. The minimum atomic E-state index is -0.304. The lowest BCUT2D eigenvalue weighted by molar-refractivity contribution is 0.403. The summed E-state index contributed by atoms with van der Waals surface area (Å²) in [5.74, 6) is 0.106. The van der Waals surface area contributed by atoms with E-state index in [4.69, 9.17) is 16.3 Å². The van der Waals surface area contributed by atoms with E-state index < -0.39 is 0 Å². The highest BCUT2D eigenvalue weighted by atomic mass is 35.5. The van der Waals surface area contributed by atoms with Crippen molar-refractivity contribution in [2.45, 2.75) is 0 Å². The second-order valence-corrected chi connectivity index (χ2v) is 3.21. The summed E-state index contributed by atoms with van der Waals surface area (Å²) in [6, 6.07) is 5.97. The Morgan fingerprint density at radius 2 is 2.14 bits per heavy atom. The van der Waals surface area contributed by atoms with Crippen LogP contribution in [0.5, 0.6) is 5.88 Å². The predicted octanol–water partition coefficient (Wildman–Crippen LogP) is 3.04. The molecule has 0 saturated heterocycles. The van der Waals surface area contributed by atoms with Gasteiger partial charge < -0.3 is 4.74 Å². The van der Waals surface area contributed by atoms with Crippen LogP contribution in [0.4, 0.5) is 4.39 Å². The zero-order valence-corrected chi connectivity index (χ0v) is 8.18. The number of rotatable bonds is 1. The fraction of sp³-hybridized carbons (Fsp3) is 0.100. The number of nitrogens with zero attached hydrogens (tertiary/aromatic N) is 1. The Morgan fingerprint density at radius 3 is 2.86 bits per heavy atom. The molecule has 14 heavy (non-hydrogen) atoms. The number of methoxy groups -OCH3 is 1. The van der Waals surface area contributed by atoms with Gasteiger partial charge in [0.05, 0.1) is 7.11 Å². The first-order chi connectivity index (χ1) is 6.70. The molecule has 0 radical (unpaired) electrons. The molecule has 0 bridgehead atoms. The Hall–Kier alpha value is -1.35. The van der Waals surface area contributed by atoms with Crippen LogP contribution >= 0.6 is 11.6 Å². The highest BCUT2D eigenvalue weighted by molar-refractivity contribution is 6.30. The molecule has 0 amide bonds. The zero-order valence-electron chi connectivity index (χ0n) is 7.42. The number of ether oxygens (including phenoxy) is 1. The lowest BCUT2D eigenvalue weighted by Crippen LogP contribution is -1.90. The topological polar surface area (TPSA) is 22.1 Å². The van der Waals surface area contributed by atoms with Crippen molar-refractivity contribution in [3.8, 4) is 5.88 Å². The smallest absolute Gasteiger partial charge is 0.222 e. The third kappa shape index (κ3) is 1.51. The summed E-state index contributed by atoms with van der Waals surface area (Å²) in [7, 11) is 1.50. The molecule has 0 N–H and O–H groups in total. The van der Waals surface area contributed by atoms with Gasteiger partial charge in [0.1, 0.15) is 11.0 Å². The molecule has 0 fully saturated rings. The lowest BCUT2D eigenvalue weighted by atomic mass is 10.2. The normalized spacial score (nSPS) is 10.5. The number of hydrogen-bond acceptors (Lipinski definition) is 2. The van der Waals surface area contributed by atoms with Crippen LogP contribution in [0.3, 0.4) is 0 Å². The summed E-state index contributed by atoms with van der Waals surface area (Å²) in [5, 5.41) is 1.72. The molecular weight excluding hydrogens is 205 g/mol. The molecular formula is C10H7ClFNO. The van der Waals surface area contributed by atoms with Crippen LogP contribution < -0.4 is 4.74 Å².